The maximum absolute atomic E-state index is 14.7. The van der Waals surface area contributed by atoms with Crippen LogP contribution in [0.1, 0.15) is 56.5 Å². The predicted octanol–water partition coefficient (Wildman–Crippen LogP) is 3.65. The molecule has 1 aromatic carbocycles. The van der Waals surface area contributed by atoms with E-state index in [4.69, 9.17) is 18.8 Å². The van der Waals surface area contributed by atoms with Gasteiger partial charge in [-0.15, -0.1) is 0 Å². The molecule has 1 atom stereocenters. The average Bonchev–Trinajstić information content (AvgIpc) is 2.70. The summed E-state index contributed by atoms with van der Waals surface area (Å²) >= 11 is 1.75. The molecule has 178 valence electrons. The first-order valence-corrected chi connectivity index (χ1v) is 12.4. The SMILES string of the molecule is CSCC1=C2CC(C)(C2)OB2Oc3c(ccc(F)c3C(=O)OCOC(=O)C(C)(C)C)C[C@@H]2N1. The van der Waals surface area contributed by atoms with Crippen LogP contribution in [0, 0.1) is 11.2 Å². The molecule has 10 heteroatoms. The third-order valence-corrected chi connectivity index (χ3v) is 6.62. The Morgan fingerprint density at radius 1 is 1.30 bits per heavy atom. The van der Waals surface area contributed by atoms with E-state index in [1.165, 1.54) is 17.3 Å². The van der Waals surface area contributed by atoms with E-state index >= 15 is 0 Å². The van der Waals surface area contributed by atoms with E-state index in [0.717, 1.165) is 18.6 Å². The van der Waals surface area contributed by atoms with Crippen LogP contribution >= 0.6 is 11.8 Å². The molecular formula is C23H29BFNO6S. The Balaban J connectivity index is 1.55. The molecule has 1 aliphatic carbocycles. The average molecular weight is 477 g/mol. The number of halogens is 1. The molecule has 1 saturated carbocycles. The van der Waals surface area contributed by atoms with Gasteiger partial charge in [-0.25, -0.2) is 9.18 Å². The van der Waals surface area contributed by atoms with E-state index in [2.05, 4.69) is 11.6 Å². The lowest BCUT2D eigenvalue weighted by Gasteiger charge is -2.48. The first-order valence-electron chi connectivity index (χ1n) is 11.0. The Hall–Kier alpha value is -2.20. The Labute approximate surface area is 197 Å². The highest BCUT2D eigenvalue weighted by Gasteiger charge is 2.50. The van der Waals surface area contributed by atoms with Crippen LogP contribution in [-0.2, 0) is 25.3 Å². The number of fused-ring (bicyclic) bond motifs is 2. The molecule has 0 spiro atoms. The lowest BCUT2D eigenvalue weighted by atomic mass is 9.66. The van der Waals surface area contributed by atoms with E-state index < -0.39 is 37.1 Å². The van der Waals surface area contributed by atoms with Crippen LogP contribution in [-0.4, -0.2) is 49.4 Å². The summed E-state index contributed by atoms with van der Waals surface area (Å²) in [4.78, 5) is 24.6. The number of esters is 2. The van der Waals surface area contributed by atoms with Crippen molar-refractivity contribution in [3.63, 3.8) is 0 Å². The Kier molecular flexibility index (Phi) is 6.44. The van der Waals surface area contributed by atoms with Crippen LogP contribution in [0.2, 0.25) is 0 Å². The first-order chi connectivity index (χ1) is 15.5. The van der Waals surface area contributed by atoms with E-state index in [1.807, 2.05) is 6.92 Å². The molecule has 33 heavy (non-hydrogen) atoms. The van der Waals surface area contributed by atoms with Crippen molar-refractivity contribution in [2.24, 2.45) is 5.41 Å². The minimum Gasteiger partial charge on any atom is -0.534 e. The lowest BCUT2D eigenvalue weighted by molar-refractivity contribution is -0.161. The van der Waals surface area contributed by atoms with Crippen molar-refractivity contribution in [3.8, 4) is 5.75 Å². The number of hydrogen-bond acceptors (Lipinski definition) is 8. The van der Waals surface area contributed by atoms with Gasteiger partial charge in [-0.1, -0.05) is 6.07 Å². The fourth-order valence-electron chi connectivity index (χ4n) is 4.31. The topological polar surface area (TPSA) is 83.1 Å². The molecule has 0 radical (unpaired) electrons. The van der Waals surface area contributed by atoms with Crippen molar-refractivity contribution < 1.29 is 32.8 Å². The van der Waals surface area contributed by atoms with Gasteiger partial charge in [0, 0.05) is 11.4 Å². The van der Waals surface area contributed by atoms with Crippen molar-refractivity contribution in [1.29, 1.82) is 0 Å². The molecule has 7 nitrogen and oxygen atoms in total. The maximum atomic E-state index is 14.7. The van der Waals surface area contributed by atoms with Gasteiger partial charge in [0.05, 0.1) is 17.0 Å². The molecule has 1 aromatic rings. The molecule has 3 aliphatic heterocycles. The van der Waals surface area contributed by atoms with E-state index in [1.54, 1.807) is 38.6 Å². The highest BCUT2D eigenvalue weighted by atomic mass is 32.2. The summed E-state index contributed by atoms with van der Waals surface area (Å²) in [5.74, 6) is -1.43. The number of hydrogen-bond donors (Lipinski definition) is 1. The van der Waals surface area contributed by atoms with Crippen LogP contribution in [0.15, 0.2) is 23.4 Å². The number of nitrogens with one attached hydrogen (secondary N) is 1. The van der Waals surface area contributed by atoms with Crippen LogP contribution < -0.4 is 9.97 Å². The van der Waals surface area contributed by atoms with Gasteiger partial charge < -0.3 is 24.1 Å². The van der Waals surface area contributed by atoms with Crippen LogP contribution in [0.5, 0.6) is 5.75 Å². The summed E-state index contributed by atoms with van der Waals surface area (Å²) in [5, 5.41) is 3.57. The number of thioether (sulfide) groups is 1. The van der Waals surface area contributed by atoms with Gasteiger partial charge in [-0.05, 0) is 70.4 Å². The largest absolute Gasteiger partial charge is 0.550 e. The van der Waals surface area contributed by atoms with Gasteiger partial charge in [-0.2, -0.15) is 11.8 Å². The van der Waals surface area contributed by atoms with Crippen molar-refractivity contribution >= 4 is 30.8 Å². The minimum absolute atomic E-state index is 0.115. The number of carbonyl (C=O) groups is 2. The molecular weight excluding hydrogens is 448 g/mol. The molecule has 3 heterocycles. The van der Waals surface area contributed by atoms with Crippen molar-refractivity contribution in [2.75, 3.05) is 18.8 Å². The van der Waals surface area contributed by atoms with Gasteiger partial charge in [0.15, 0.2) is 0 Å². The zero-order valence-electron chi connectivity index (χ0n) is 19.6. The fraction of sp³-hybridized carbons (Fsp3) is 0.565. The number of ether oxygens (including phenoxy) is 2. The highest BCUT2D eigenvalue weighted by Crippen LogP contribution is 2.45. The van der Waals surface area contributed by atoms with E-state index in [0.29, 0.717) is 12.0 Å². The molecule has 0 amide bonds. The Bertz CT molecular complexity index is 999. The number of benzene rings is 1. The summed E-state index contributed by atoms with van der Waals surface area (Å²) in [6, 6.07) is 2.84. The Morgan fingerprint density at radius 3 is 2.70 bits per heavy atom. The smallest absolute Gasteiger partial charge is 0.534 e. The maximum Gasteiger partial charge on any atom is 0.550 e. The molecule has 0 saturated heterocycles. The summed E-state index contributed by atoms with van der Waals surface area (Å²) in [7, 11) is -0.687. The third kappa shape index (κ3) is 4.87. The van der Waals surface area contributed by atoms with Crippen molar-refractivity contribution in [1.82, 2.24) is 5.32 Å². The van der Waals surface area contributed by atoms with Gasteiger partial charge in [0.1, 0.15) is 17.1 Å². The second kappa shape index (κ2) is 8.87. The molecule has 1 N–H and O–H groups in total. The molecule has 1 fully saturated rings. The summed E-state index contributed by atoms with van der Waals surface area (Å²) < 4.78 is 37.2. The summed E-state index contributed by atoms with van der Waals surface area (Å²) in [6.07, 6.45) is 4.19. The molecule has 0 unspecified atom stereocenters. The second-order valence-electron chi connectivity index (χ2n) is 10.0. The lowest BCUT2D eigenvalue weighted by Crippen LogP contribution is -2.60. The van der Waals surface area contributed by atoms with E-state index in [-0.39, 0.29) is 22.9 Å². The zero-order valence-corrected chi connectivity index (χ0v) is 20.4. The zero-order chi connectivity index (χ0) is 24.0. The monoisotopic (exact) mass is 477 g/mol. The third-order valence-electron chi connectivity index (χ3n) is 6.04. The van der Waals surface area contributed by atoms with E-state index in [9.17, 15) is 14.0 Å². The summed E-state index contributed by atoms with van der Waals surface area (Å²) in [6.45, 7) is 6.49. The number of carbonyl (C=O) groups excluding carboxylic acids is 2. The molecule has 4 aliphatic rings. The Morgan fingerprint density at radius 2 is 2.03 bits per heavy atom. The minimum atomic E-state index is -0.955. The van der Waals surface area contributed by atoms with Gasteiger partial charge in [-0.3, -0.25) is 4.79 Å². The predicted molar refractivity (Wildman–Crippen MR) is 123 cm³/mol. The van der Waals surface area contributed by atoms with Crippen LogP contribution in [0.3, 0.4) is 0 Å². The molecule has 0 aromatic heterocycles. The van der Waals surface area contributed by atoms with Crippen LogP contribution in [0.4, 0.5) is 4.39 Å². The first kappa shape index (κ1) is 23.9. The quantitative estimate of drug-likeness (QED) is 0.391. The van der Waals surface area contributed by atoms with Crippen molar-refractivity contribution in [2.45, 2.75) is 58.5 Å². The van der Waals surface area contributed by atoms with Crippen molar-refractivity contribution in [3.05, 3.63) is 40.3 Å². The van der Waals surface area contributed by atoms with Gasteiger partial charge in [0.25, 0.3) is 0 Å². The van der Waals surface area contributed by atoms with Gasteiger partial charge in [0.2, 0.25) is 6.79 Å². The van der Waals surface area contributed by atoms with Gasteiger partial charge >= 0.3 is 19.1 Å². The normalized spacial score (nSPS) is 23.7. The number of rotatable bonds is 5. The summed E-state index contributed by atoms with van der Waals surface area (Å²) in [5.41, 5.74) is 1.84. The van der Waals surface area contributed by atoms with Crippen LogP contribution in [0.25, 0.3) is 0 Å². The fourth-order valence-corrected chi connectivity index (χ4v) is 4.89. The molecule has 2 bridgehead atoms. The highest BCUT2D eigenvalue weighted by molar-refractivity contribution is 7.98. The molecule has 5 rings (SSSR count). The second-order valence-corrected chi connectivity index (χ2v) is 10.9. The standard InChI is InChI=1S/C23H29BFNO6S/c1-22(2,3)21(28)30-12-29-20(27)18-15(25)7-6-13-8-17-24(31-19(13)18)32-23(4)9-14(10-23)16(26-17)11-33-5/h6-7,17,26H,8-12H2,1-5H3/t17-,23?/m0/s1.